The van der Waals surface area contributed by atoms with Crippen LogP contribution in [0.25, 0.3) is 0 Å². The quantitative estimate of drug-likeness (QED) is 0.567. The van der Waals surface area contributed by atoms with E-state index < -0.39 is 0 Å². The molecule has 0 saturated heterocycles. The number of benzene rings is 1. The molecular formula is C16H20O4. The molecule has 0 bridgehead atoms. The van der Waals surface area contributed by atoms with Crippen LogP contribution in [-0.4, -0.2) is 19.0 Å². The van der Waals surface area contributed by atoms with E-state index in [9.17, 15) is 9.59 Å². The molecule has 0 unspecified atom stereocenters. The minimum atomic E-state index is -0.379. The summed E-state index contributed by atoms with van der Waals surface area (Å²) >= 11 is 0. The maximum absolute atomic E-state index is 11.7. The van der Waals surface area contributed by atoms with Gasteiger partial charge in [-0.2, -0.15) is 0 Å². The van der Waals surface area contributed by atoms with Gasteiger partial charge in [0.25, 0.3) is 0 Å². The van der Waals surface area contributed by atoms with Crippen molar-refractivity contribution in [2.45, 2.75) is 32.8 Å². The van der Waals surface area contributed by atoms with E-state index in [4.69, 9.17) is 4.74 Å². The lowest BCUT2D eigenvalue weighted by molar-refractivity contribution is -0.141. The van der Waals surface area contributed by atoms with E-state index in [0.717, 1.165) is 11.1 Å². The van der Waals surface area contributed by atoms with Gasteiger partial charge >= 0.3 is 11.9 Å². The predicted octanol–water partition coefficient (Wildman–Crippen LogP) is 3.02. The molecule has 1 aromatic carbocycles. The van der Waals surface area contributed by atoms with Crippen LogP contribution in [0.3, 0.4) is 0 Å². The molecule has 1 rings (SSSR count). The van der Waals surface area contributed by atoms with E-state index in [-0.39, 0.29) is 25.0 Å². The normalized spacial score (nSPS) is 11.0. The van der Waals surface area contributed by atoms with Gasteiger partial charge in [-0.1, -0.05) is 42.8 Å². The van der Waals surface area contributed by atoms with E-state index in [1.807, 2.05) is 37.3 Å². The van der Waals surface area contributed by atoms with Gasteiger partial charge < -0.3 is 9.47 Å². The van der Waals surface area contributed by atoms with Gasteiger partial charge in [0, 0.05) is 12.5 Å². The Bertz CT molecular complexity index is 463. The number of carbonyl (C=O) groups is 2. The summed E-state index contributed by atoms with van der Waals surface area (Å²) in [6.07, 6.45) is 2.97. The zero-order valence-electron chi connectivity index (χ0n) is 11.9. The van der Waals surface area contributed by atoms with Gasteiger partial charge in [-0.05, 0) is 18.4 Å². The Kier molecular flexibility index (Phi) is 7.11. The molecule has 4 nitrogen and oxygen atoms in total. The van der Waals surface area contributed by atoms with Gasteiger partial charge in [0.2, 0.25) is 0 Å². The Morgan fingerprint density at radius 2 is 1.85 bits per heavy atom. The zero-order chi connectivity index (χ0) is 14.8. The molecule has 0 aromatic heterocycles. The number of hydrogen-bond acceptors (Lipinski definition) is 4. The summed E-state index contributed by atoms with van der Waals surface area (Å²) < 4.78 is 9.74. The van der Waals surface area contributed by atoms with Gasteiger partial charge in [0.05, 0.1) is 7.11 Å². The standard InChI is InChI=1S/C16H20O4/c1-3-13(9-10-15(17)19-2)11-16(18)20-12-14-7-5-4-6-8-14/h4-8,11H,3,9-10,12H2,1-2H3/b13-11+. The first kappa shape index (κ1) is 16.0. The monoisotopic (exact) mass is 276 g/mol. The van der Waals surface area contributed by atoms with Crippen molar-refractivity contribution in [3.63, 3.8) is 0 Å². The molecule has 0 atom stereocenters. The van der Waals surface area contributed by atoms with Crippen molar-refractivity contribution < 1.29 is 19.1 Å². The van der Waals surface area contributed by atoms with Crippen molar-refractivity contribution in [3.8, 4) is 0 Å². The van der Waals surface area contributed by atoms with Gasteiger partial charge in [-0.25, -0.2) is 4.79 Å². The third kappa shape index (κ3) is 6.18. The van der Waals surface area contributed by atoms with Crippen LogP contribution in [0.1, 0.15) is 31.7 Å². The van der Waals surface area contributed by atoms with E-state index in [1.165, 1.54) is 13.2 Å². The maximum atomic E-state index is 11.7. The van der Waals surface area contributed by atoms with Crippen LogP contribution in [-0.2, 0) is 25.7 Å². The minimum absolute atomic E-state index is 0.254. The van der Waals surface area contributed by atoms with Crippen molar-refractivity contribution in [1.82, 2.24) is 0 Å². The van der Waals surface area contributed by atoms with Crippen molar-refractivity contribution in [1.29, 1.82) is 0 Å². The second kappa shape index (κ2) is 8.91. The van der Waals surface area contributed by atoms with Crippen LogP contribution in [0.5, 0.6) is 0 Å². The summed E-state index contributed by atoms with van der Waals surface area (Å²) in [5.41, 5.74) is 1.83. The summed E-state index contributed by atoms with van der Waals surface area (Å²) in [5, 5.41) is 0. The number of hydrogen-bond donors (Lipinski definition) is 0. The van der Waals surface area contributed by atoms with Crippen molar-refractivity contribution in [3.05, 3.63) is 47.5 Å². The first-order valence-corrected chi connectivity index (χ1v) is 6.62. The van der Waals surface area contributed by atoms with Crippen molar-refractivity contribution >= 4 is 11.9 Å². The highest BCUT2D eigenvalue weighted by atomic mass is 16.5. The van der Waals surface area contributed by atoms with Gasteiger partial charge in [0.1, 0.15) is 6.61 Å². The van der Waals surface area contributed by atoms with Crippen molar-refractivity contribution in [2.75, 3.05) is 7.11 Å². The molecule has 0 heterocycles. The Balaban J connectivity index is 2.44. The van der Waals surface area contributed by atoms with Crippen LogP contribution in [0.4, 0.5) is 0 Å². The fourth-order valence-electron chi connectivity index (χ4n) is 1.65. The molecule has 0 aliphatic heterocycles. The highest BCUT2D eigenvalue weighted by Crippen LogP contribution is 2.11. The molecule has 0 N–H and O–H groups in total. The Morgan fingerprint density at radius 3 is 2.45 bits per heavy atom. The fraction of sp³-hybridized carbons (Fsp3) is 0.375. The summed E-state index contributed by atoms with van der Waals surface area (Å²) in [4.78, 5) is 22.7. The molecule has 0 aliphatic carbocycles. The Morgan fingerprint density at radius 1 is 1.15 bits per heavy atom. The average molecular weight is 276 g/mol. The average Bonchev–Trinajstić information content (AvgIpc) is 2.49. The minimum Gasteiger partial charge on any atom is -0.469 e. The lowest BCUT2D eigenvalue weighted by Crippen LogP contribution is -2.04. The van der Waals surface area contributed by atoms with Crippen LogP contribution in [0.15, 0.2) is 42.0 Å². The molecule has 0 saturated carbocycles. The summed E-state index contributed by atoms with van der Waals surface area (Å²) in [6.45, 7) is 2.19. The molecule has 108 valence electrons. The SMILES string of the molecule is CC/C(=C\C(=O)OCc1ccccc1)CCC(=O)OC. The first-order chi connectivity index (χ1) is 9.65. The Labute approximate surface area is 119 Å². The maximum Gasteiger partial charge on any atom is 0.331 e. The number of rotatable bonds is 7. The summed E-state index contributed by atoms with van der Waals surface area (Å²) in [7, 11) is 1.35. The van der Waals surface area contributed by atoms with E-state index >= 15 is 0 Å². The second-order valence-electron chi connectivity index (χ2n) is 4.33. The molecule has 0 radical (unpaired) electrons. The largest absolute Gasteiger partial charge is 0.469 e. The molecule has 4 heteroatoms. The van der Waals surface area contributed by atoms with Crippen LogP contribution in [0, 0.1) is 0 Å². The number of allylic oxidation sites excluding steroid dienone is 1. The molecule has 1 aromatic rings. The summed E-state index contributed by atoms with van der Waals surface area (Å²) in [5.74, 6) is -0.655. The number of methoxy groups -OCH3 is 1. The third-order valence-corrected chi connectivity index (χ3v) is 2.88. The highest BCUT2D eigenvalue weighted by Gasteiger charge is 2.06. The lowest BCUT2D eigenvalue weighted by atomic mass is 10.1. The van der Waals surface area contributed by atoms with Gasteiger partial charge in [-0.3, -0.25) is 4.79 Å². The molecule has 0 fully saturated rings. The third-order valence-electron chi connectivity index (χ3n) is 2.88. The molecular weight excluding hydrogens is 256 g/mol. The van der Waals surface area contributed by atoms with Crippen LogP contribution in [0.2, 0.25) is 0 Å². The summed E-state index contributed by atoms with van der Waals surface area (Å²) in [6, 6.07) is 9.50. The predicted molar refractivity (Wildman–Crippen MR) is 75.9 cm³/mol. The van der Waals surface area contributed by atoms with Gasteiger partial charge in [-0.15, -0.1) is 0 Å². The number of carbonyl (C=O) groups excluding carboxylic acids is 2. The van der Waals surface area contributed by atoms with E-state index in [0.29, 0.717) is 12.8 Å². The Hall–Kier alpha value is -2.10. The van der Waals surface area contributed by atoms with Crippen LogP contribution >= 0.6 is 0 Å². The molecule has 0 amide bonds. The molecule has 20 heavy (non-hydrogen) atoms. The molecule has 0 spiro atoms. The zero-order valence-corrected chi connectivity index (χ0v) is 11.9. The fourth-order valence-corrected chi connectivity index (χ4v) is 1.65. The van der Waals surface area contributed by atoms with Crippen molar-refractivity contribution in [2.24, 2.45) is 0 Å². The van der Waals surface area contributed by atoms with Crippen LogP contribution < -0.4 is 0 Å². The number of ether oxygens (including phenoxy) is 2. The van der Waals surface area contributed by atoms with E-state index in [1.54, 1.807) is 0 Å². The van der Waals surface area contributed by atoms with E-state index in [2.05, 4.69) is 4.74 Å². The first-order valence-electron chi connectivity index (χ1n) is 6.62. The smallest absolute Gasteiger partial charge is 0.331 e. The topological polar surface area (TPSA) is 52.6 Å². The number of esters is 2. The van der Waals surface area contributed by atoms with Gasteiger partial charge in [0.15, 0.2) is 0 Å². The highest BCUT2D eigenvalue weighted by molar-refractivity contribution is 5.83. The second-order valence-corrected chi connectivity index (χ2v) is 4.33. The lowest BCUT2D eigenvalue weighted by Gasteiger charge is -2.05. The molecule has 0 aliphatic rings.